The monoisotopic (exact) mass is 284 g/mol. The van der Waals surface area contributed by atoms with Crippen molar-refractivity contribution in [3.05, 3.63) is 54.1 Å². The summed E-state index contributed by atoms with van der Waals surface area (Å²) in [7, 11) is 0. The number of piperazine rings is 1. The van der Waals surface area contributed by atoms with Crippen LogP contribution in [0.5, 0.6) is 11.5 Å². The van der Waals surface area contributed by atoms with Gasteiger partial charge in [0.2, 0.25) is 0 Å². The SMILES string of the molecule is Oc1cccc(COc2ccccc2N2CCNCC2)c1. The smallest absolute Gasteiger partial charge is 0.143 e. The van der Waals surface area contributed by atoms with Crippen LogP contribution in [0, 0.1) is 0 Å². The molecule has 4 nitrogen and oxygen atoms in total. The zero-order valence-electron chi connectivity index (χ0n) is 12.0. The molecule has 2 aromatic rings. The molecule has 4 heteroatoms. The highest BCUT2D eigenvalue weighted by molar-refractivity contribution is 5.58. The molecule has 110 valence electrons. The first kappa shape index (κ1) is 13.8. The van der Waals surface area contributed by atoms with Crippen LogP contribution in [0.15, 0.2) is 48.5 Å². The van der Waals surface area contributed by atoms with Gasteiger partial charge in [0.1, 0.15) is 18.1 Å². The Morgan fingerprint density at radius 3 is 2.67 bits per heavy atom. The van der Waals surface area contributed by atoms with Gasteiger partial charge in [-0.15, -0.1) is 0 Å². The molecule has 3 rings (SSSR count). The van der Waals surface area contributed by atoms with Crippen LogP contribution in [0.4, 0.5) is 5.69 Å². The standard InChI is InChI=1S/C17H20N2O2/c20-15-5-3-4-14(12-15)13-21-17-7-2-1-6-16(17)19-10-8-18-9-11-19/h1-7,12,18,20H,8-11,13H2. The quantitative estimate of drug-likeness (QED) is 0.905. The van der Waals surface area contributed by atoms with Gasteiger partial charge < -0.3 is 20.1 Å². The fourth-order valence-corrected chi connectivity index (χ4v) is 2.55. The van der Waals surface area contributed by atoms with Crippen LogP contribution >= 0.6 is 0 Å². The van der Waals surface area contributed by atoms with Gasteiger partial charge in [-0.25, -0.2) is 0 Å². The maximum atomic E-state index is 9.50. The van der Waals surface area contributed by atoms with Gasteiger partial charge in [-0.05, 0) is 29.8 Å². The highest BCUT2D eigenvalue weighted by Crippen LogP contribution is 2.29. The van der Waals surface area contributed by atoms with Crippen LogP contribution in [0.1, 0.15) is 5.56 Å². The second kappa shape index (κ2) is 6.50. The first-order chi connectivity index (χ1) is 10.3. The van der Waals surface area contributed by atoms with Crippen molar-refractivity contribution in [1.29, 1.82) is 0 Å². The molecule has 1 aliphatic rings. The molecule has 0 bridgehead atoms. The van der Waals surface area contributed by atoms with Gasteiger partial charge in [0.25, 0.3) is 0 Å². The van der Waals surface area contributed by atoms with Gasteiger partial charge >= 0.3 is 0 Å². The van der Waals surface area contributed by atoms with Crippen molar-refractivity contribution < 1.29 is 9.84 Å². The van der Waals surface area contributed by atoms with Crippen LogP contribution in [0.2, 0.25) is 0 Å². The summed E-state index contributed by atoms with van der Waals surface area (Å²) in [6.45, 7) is 4.44. The number of phenolic OH excluding ortho intramolecular Hbond substituents is 1. The average molecular weight is 284 g/mol. The number of nitrogens with one attached hydrogen (secondary N) is 1. The Balaban J connectivity index is 1.73. The first-order valence-electron chi connectivity index (χ1n) is 7.28. The molecule has 1 fully saturated rings. The summed E-state index contributed by atoms with van der Waals surface area (Å²) in [6.07, 6.45) is 0. The molecule has 1 aliphatic heterocycles. The number of aromatic hydroxyl groups is 1. The Kier molecular flexibility index (Phi) is 4.26. The first-order valence-corrected chi connectivity index (χ1v) is 7.28. The van der Waals surface area contributed by atoms with E-state index in [0.29, 0.717) is 6.61 Å². The summed E-state index contributed by atoms with van der Waals surface area (Å²) >= 11 is 0. The second-order valence-corrected chi connectivity index (χ2v) is 5.16. The van der Waals surface area contributed by atoms with E-state index < -0.39 is 0 Å². The zero-order valence-corrected chi connectivity index (χ0v) is 12.0. The number of hydrogen-bond acceptors (Lipinski definition) is 4. The van der Waals surface area contributed by atoms with E-state index in [9.17, 15) is 5.11 Å². The van der Waals surface area contributed by atoms with Gasteiger partial charge in [0.05, 0.1) is 5.69 Å². The number of anilines is 1. The number of ether oxygens (including phenoxy) is 1. The number of nitrogens with zero attached hydrogens (tertiary/aromatic N) is 1. The van der Waals surface area contributed by atoms with Gasteiger partial charge in [0.15, 0.2) is 0 Å². The number of phenols is 1. The summed E-state index contributed by atoms with van der Waals surface area (Å²) in [5.41, 5.74) is 2.10. The molecule has 0 amide bonds. The molecular formula is C17H20N2O2. The summed E-state index contributed by atoms with van der Waals surface area (Å²) < 4.78 is 5.96. The van der Waals surface area contributed by atoms with Crippen molar-refractivity contribution in [1.82, 2.24) is 5.32 Å². The Labute approximate surface area is 125 Å². The molecule has 0 aliphatic carbocycles. The average Bonchev–Trinajstić information content (AvgIpc) is 2.54. The summed E-state index contributed by atoms with van der Waals surface area (Å²) in [5, 5.41) is 12.9. The molecule has 2 aromatic carbocycles. The topological polar surface area (TPSA) is 44.7 Å². The lowest BCUT2D eigenvalue weighted by molar-refractivity contribution is 0.305. The lowest BCUT2D eigenvalue weighted by atomic mass is 10.2. The third-order valence-electron chi connectivity index (χ3n) is 3.63. The minimum absolute atomic E-state index is 0.270. The molecule has 2 N–H and O–H groups in total. The van der Waals surface area contributed by atoms with E-state index in [1.54, 1.807) is 12.1 Å². The fourth-order valence-electron chi connectivity index (χ4n) is 2.55. The van der Waals surface area contributed by atoms with Gasteiger partial charge in [0, 0.05) is 26.2 Å². The van der Waals surface area contributed by atoms with Crippen LogP contribution in [-0.2, 0) is 6.61 Å². The van der Waals surface area contributed by atoms with Crippen LogP contribution in [0.25, 0.3) is 0 Å². The van der Waals surface area contributed by atoms with Crippen LogP contribution in [-0.4, -0.2) is 31.3 Å². The minimum atomic E-state index is 0.270. The van der Waals surface area contributed by atoms with E-state index >= 15 is 0 Å². The molecule has 1 heterocycles. The normalized spacial score (nSPS) is 15.0. The fraction of sp³-hybridized carbons (Fsp3) is 0.294. The molecule has 1 saturated heterocycles. The Bertz CT molecular complexity index is 595. The maximum absolute atomic E-state index is 9.50. The van der Waals surface area contributed by atoms with E-state index in [1.807, 2.05) is 30.3 Å². The minimum Gasteiger partial charge on any atom is -0.508 e. The van der Waals surface area contributed by atoms with Crippen LogP contribution in [0.3, 0.4) is 0 Å². The van der Waals surface area contributed by atoms with E-state index in [1.165, 1.54) is 0 Å². The largest absolute Gasteiger partial charge is 0.508 e. The second-order valence-electron chi connectivity index (χ2n) is 5.16. The van der Waals surface area contributed by atoms with Crippen molar-refractivity contribution in [2.24, 2.45) is 0 Å². The van der Waals surface area contributed by atoms with Crippen molar-refractivity contribution in [2.45, 2.75) is 6.61 Å². The molecule has 0 radical (unpaired) electrons. The number of hydrogen-bond donors (Lipinski definition) is 2. The third kappa shape index (κ3) is 3.47. The summed E-state index contributed by atoms with van der Waals surface area (Å²) in [4.78, 5) is 2.34. The predicted octanol–water partition coefficient (Wildman–Crippen LogP) is 2.38. The van der Waals surface area contributed by atoms with Crippen molar-refractivity contribution >= 4 is 5.69 Å². The lowest BCUT2D eigenvalue weighted by Crippen LogP contribution is -2.43. The number of rotatable bonds is 4. The highest BCUT2D eigenvalue weighted by Gasteiger charge is 2.14. The Morgan fingerprint density at radius 2 is 1.86 bits per heavy atom. The van der Waals surface area contributed by atoms with Gasteiger partial charge in [-0.2, -0.15) is 0 Å². The number of benzene rings is 2. The molecule has 0 unspecified atom stereocenters. The molecule has 0 spiro atoms. The summed E-state index contributed by atoms with van der Waals surface area (Å²) in [5.74, 6) is 1.16. The van der Waals surface area contributed by atoms with E-state index in [-0.39, 0.29) is 5.75 Å². The molecule has 0 aromatic heterocycles. The molecule has 0 saturated carbocycles. The maximum Gasteiger partial charge on any atom is 0.143 e. The van der Waals surface area contributed by atoms with E-state index in [4.69, 9.17) is 4.74 Å². The summed E-state index contributed by atoms with van der Waals surface area (Å²) in [6, 6.07) is 15.3. The van der Waals surface area contributed by atoms with Crippen molar-refractivity contribution in [3.8, 4) is 11.5 Å². The van der Waals surface area contributed by atoms with E-state index in [2.05, 4.69) is 16.3 Å². The Hall–Kier alpha value is -2.20. The van der Waals surface area contributed by atoms with Crippen LogP contribution < -0.4 is 15.0 Å². The predicted molar refractivity (Wildman–Crippen MR) is 84.0 cm³/mol. The van der Waals surface area contributed by atoms with Gasteiger partial charge in [-0.3, -0.25) is 0 Å². The number of para-hydroxylation sites is 2. The molecular weight excluding hydrogens is 264 g/mol. The molecule has 21 heavy (non-hydrogen) atoms. The Morgan fingerprint density at radius 1 is 1.05 bits per heavy atom. The third-order valence-corrected chi connectivity index (χ3v) is 3.63. The van der Waals surface area contributed by atoms with Gasteiger partial charge in [-0.1, -0.05) is 24.3 Å². The zero-order chi connectivity index (χ0) is 14.5. The van der Waals surface area contributed by atoms with Crippen molar-refractivity contribution in [2.75, 3.05) is 31.1 Å². The van der Waals surface area contributed by atoms with Crippen molar-refractivity contribution in [3.63, 3.8) is 0 Å². The van der Waals surface area contributed by atoms with E-state index in [0.717, 1.165) is 43.2 Å². The lowest BCUT2D eigenvalue weighted by Gasteiger charge is -2.30. The molecule has 0 atom stereocenters. The highest BCUT2D eigenvalue weighted by atomic mass is 16.5.